The molecule has 0 spiro atoms. The quantitative estimate of drug-likeness (QED) is 0.719. The molecule has 0 amide bonds. The number of hydrogen-bond donors (Lipinski definition) is 0. The third-order valence-corrected chi connectivity index (χ3v) is 2.37. The number of carbonyl (C=O) groups excluding carboxylic acids is 2. The first-order valence-corrected chi connectivity index (χ1v) is 5.95. The van der Waals surface area contributed by atoms with Gasteiger partial charge in [0.25, 0.3) is 6.01 Å². The van der Waals surface area contributed by atoms with Crippen molar-refractivity contribution in [2.75, 3.05) is 25.2 Å². The lowest BCUT2D eigenvalue weighted by atomic mass is 10.3. The number of anilines is 1. The Morgan fingerprint density at radius 1 is 1.47 bits per heavy atom. The van der Waals surface area contributed by atoms with Crippen molar-refractivity contribution >= 4 is 18.0 Å². The summed E-state index contributed by atoms with van der Waals surface area (Å²) in [6.07, 6.45) is 1.21. The topological polar surface area (TPSA) is 81.9 Å². The van der Waals surface area contributed by atoms with Gasteiger partial charge in [-0.05, 0) is 20.8 Å². The van der Waals surface area contributed by atoms with Crippen molar-refractivity contribution in [2.45, 2.75) is 26.8 Å². The average Bonchev–Trinajstić information content (AvgIpc) is 2.84. The molecule has 1 rings (SSSR count). The minimum Gasteiger partial charge on any atom is -0.468 e. The first kappa shape index (κ1) is 15.0. The Labute approximate surface area is 111 Å². The molecule has 1 heterocycles. The van der Waals surface area contributed by atoms with Crippen molar-refractivity contribution in [2.24, 2.45) is 0 Å². The maximum atomic E-state index is 11.5. The van der Waals surface area contributed by atoms with Crippen LogP contribution in [0.4, 0.5) is 6.01 Å². The van der Waals surface area contributed by atoms with Gasteiger partial charge in [-0.25, -0.2) is 4.79 Å². The second kappa shape index (κ2) is 6.77. The van der Waals surface area contributed by atoms with Crippen LogP contribution < -0.4 is 4.90 Å². The van der Waals surface area contributed by atoms with Crippen molar-refractivity contribution in [1.29, 1.82) is 0 Å². The number of esters is 2. The second-order valence-electron chi connectivity index (χ2n) is 4.03. The zero-order valence-corrected chi connectivity index (χ0v) is 11.5. The Balaban J connectivity index is 2.86. The van der Waals surface area contributed by atoms with E-state index in [0.717, 1.165) is 0 Å². The molecule has 106 valence electrons. The number of hydrogen-bond acceptors (Lipinski definition) is 7. The van der Waals surface area contributed by atoms with Gasteiger partial charge in [0.15, 0.2) is 5.69 Å². The average molecular weight is 270 g/mol. The highest BCUT2D eigenvalue weighted by Crippen LogP contribution is 2.17. The third-order valence-electron chi connectivity index (χ3n) is 2.37. The summed E-state index contributed by atoms with van der Waals surface area (Å²) in [4.78, 5) is 28.4. The molecule has 0 fully saturated rings. The van der Waals surface area contributed by atoms with Gasteiger partial charge in [-0.1, -0.05) is 0 Å². The summed E-state index contributed by atoms with van der Waals surface area (Å²) in [5.74, 6) is -0.969. The van der Waals surface area contributed by atoms with Crippen molar-refractivity contribution in [3.63, 3.8) is 0 Å². The fourth-order valence-electron chi connectivity index (χ4n) is 1.37. The SMILES string of the molecule is CCOC(=O)c1coc(N(CC(=O)OC)C(C)C)n1. The van der Waals surface area contributed by atoms with E-state index in [9.17, 15) is 9.59 Å². The van der Waals surface area contributed by atoms with Gasteiger partial charge >= 0.3 is 11.9 Å². The van der Waals surface area contributed by atoms with Gasteiger partial charge in [0.05, 0.1) is 13.7 Å². The molecule has 0 saturated carbocycles. The van der Waals surface area contributed by atoms with Crippen LogP contribution in [-0.4, -0.2) is 43.2 Å². The monoisotopic (exact) mass is 270 g/mol. The molecular weight excluding hydrogens is 252 g/mol. The fourth-order valence-corrected chi connectivity index (χ4v) is 1.37. The highest BCUT2D eigenvalue weighted by atomic mass is 16.5. The van der Waals surface area contributed by atoms with Gasteiger partial charge < -0.3 is 18.8 Å². The van der Waals surface area contributed by atoms with Crippen LogP contribution in [0.25, 0.3) is 0 Å². The summed E-state index contributed by atoms with van der Waals surface area (Å²) in [5, 5.41) is 0. The van der Waals surface area contributed by atoms with Crippen LogP contribution in [0.1, 0.15) is 31.3 Å². The van der Waals surface area contributed by atoms with E-state index in [1.165, 1.54) is 13.4 Å². The van der Waals surface area contributed by atoms with Gasteiger partial charge in [-0.15, -0.1) is 0 Å². The minimum atomic E-state index is -0.556. The number of nitrogens with zero attached hydrogens (tertiary/aromatic N) is 2. The van der Waals surface area contributed by atoms with Crippen LogP contribution >= 0.6 is 0 Å². The molecule has 0 saturated heterocycles. The predicted octanol–water partition coefficient (Wildman–Crippen LogP) is 1.24. The first-order chi connectivity index (χ1) is 8.99. The van der Waals surface area contributed by atoms with E-state index < -0.39 is 11.9 Å². The van der Waals surface area contributed by atoms with E-state index >= 15 is 0 Å². The predicted molar refractivity (Wildman–Crippen MR) is 67.0 cm³/mol. The van der Waals surface area contributed by atoms with Gasteiger partial charge in [-0.2, -0.15) is 4.98 Å². The molecule has 1 aromatic heterocycles. The lowest BCUT2D eigenvalue weighted by molar-refractivity contribution is -0.139. The summed E-state index contributed by atoms with van der Waals surface area (Å²) in [6.45, 7) is 5.71. The molecule has 0 N–H and O–H groups in total. The molecule has 7 nitrogen and oxygen atoms in total. The summed E-state index contributed by atoms with van der Waals surface area (Å²) in [5.41, 5.74) is 0.0763. The molecule has 0 radical (unpaired) electrons. The number of methoxy groups -OCH3 is 1. The molecule has 0 aliphatic heterocycles. The number of oxazole rings is 1. The smallest absolute Gasteiger partial charge is 0.360 e. The molecular formula is C12H18N2O5. The van der Waals surface area contributed by atoms with Crippen molar-refractivity contribution < 1.29 is 23.5 Å². The molecule has 0 unspecified atom stereocenters. The molecule has 0 aromatic carbocycles. The van der Waals surface area contributed by atoms with Gasteiger partial charge in [0, 0.05) is 6.04 Å². The molecule has 0 aliphatic carbocycles. The normalized spacial score (nSPS) is 10.4. The fraction of sp³-hybridized carbons (Fsp3) is 0.583. The second-order valence-corrected chi connectivity index (χ2v) is 4.03. The zero-order valence-electron chi connectivity index (χ0n) is 11.5. The van der Waals surface area contributed by atoms with Crippen LogP contribution in [0.2, 0.25) is 0 Å². The Morgan fingerprint density at radius 2 is 2.16 bits per heavy atom. The molecule has 7 heteroatoms. The van der Waals surface area contributed by atoms with Gasteiger partial charge in [0.1, 0.15) is 12.8 Å². The van der Waals surface area contributed by atoms with E-state index in [1.807, 2.05) is 13.8 Å². The number of rotatable bonds is 6. The Kier molecular flexibility index (Phi) is 5.35. The highest BCUT2D eigenvalue weighted by Gasteiger charge is 2.22. The minimum absolute atomic E-state index is 0.00303. The lowest BCUT2D eigenvalue weighted by Crippen LogP contribution is -2.36. The van der Waals surface area contributed by atoms with Gasteiger partial charge in [-0.3, -0.25) is 4.79 Å². The third kappa shape index (κ3) is 3.97. The van der Waals surface area contributed by atoms with Crippen LogP contribution in [0, 0.1) is 0 Å². The number of ether oxygens (including phenoxy) is 2. The van der Waals surface area contributed by atoms with E-state index in [4.69, 9.17) is 9.15 Å². The first-order valence-electron chi connectivity index (χ1n) is 5.95. The zero-order chi connectivity index (χ0) is 14.4. The Hall–Kier alpha value is -2.05. The molecule has 0 aliphatic rings. The van der Waals surface area contributed by atoms with Gasteiger partial charge in [0.2, 0.25) is 0 Å². The van der Waals surface area contributed by atoms with E-state index in [1.54, 1.807) is 11.8 Å². The largest absolute Gasteiger partial charge is 0.468 e. The summed E-state index contributed by atoms with van der Waals surface area (Å²) in [7, 11) is 1.31. The Bertz CT molecular complexity index is 441. The maximum absolute atomic E-state index is 11.5. The van der Waals surface area contributed by atoms with Crippen LogP contribution in [-0.2, 0) is 14.3 Å². The van der Waals surface area contributed by atoms with Crippen molar-refractivity contribution in [1.82, 2.24) is 4.98 Å². The molecule has 0 atom stereocenters. The standard InChI is InChI=1S/C12H18N2O5/c1-5-18-11(16)9-7-19-12(13-9)14(8(2)3)6-10(15)17-4/h7-8H,5-6H2,1-4H3. The maximum Gasteiger partial charge on any atom is 0.360 e. The summed E-state index contributed by atoms with van der Waals surface area (Å²) < 4.78 is 14.6. The van der Waals surface area contributed by atoms with Crippen molar-refractivity contribution in [3.05, 3.63) is 12.0 Å². The molecule has 19 heavy (non-hydrogen) atoms. The summed E-state index contributed by atoms with van der Waals surface area (Å²) in [6, 6.07) is 0.149. The Morgan fingerprint density at radius 3 is 2.68 bits per heavy atom. The molecule has 1 aromatic rings. The highest BCUT2D eigenvalue weighted by molar-refractivity contribution is 5.87. The summed E-state index contributed by atoms with van der Waals surface area (Å²) >= 11 is 0. The molecule has 0 bridgehead atoms. The van der Waals surface area contributed by atoms with Crippen LogP contribution in [0.3, 0.4) is 0 Å². The number of carbonyl (C=O) groups is 2. The lowest BCUT2D eigenvalue weighted by Gasteiger charge is -2.23. The van der Waals surface area contributed by atoms with Crippen molar-refractivity contribution in [3.8, 4) is 0 Å². The van der Waals surface area contributed by atoms with Crippen LogP contribution in [0.5, 0.6) is 0 Å². The van der Waals surface area contributed by atoms with E-state index in [-0.39, 0.29) is 30.9 Å². The van der Waals surface area contributed by atoms with E-state index in [2.05, 4.69) is 9.72 Å². The van der Waals surface area contributed by atoms with E-state index in [0.29, 0.717) is 0 Å². The van der Waals surface area contributed by atoms with Crippen LogP contribution in [0.15, 0.2) is 10.7 Å². The number of aromatic nitrogens is 1.